The van der Waals surface area contributed by atoms with E-state index in [0.717, 1.165) is 18.4 Å². The van der Waals surface area contributed by atoms with E-state index in [9.17, 15) is 13.2 Å². The molecule has 1 atom stereocenters. The van der Waals surface area contributed by atoms with Gasteiger partial charge in [0.1, 0.15) is 10.0 Å². The van der Waals surface area contributed by atoms with Gasteiger partial charge < -0.3 is 0 Å². The Morgan fingerprint density at radius 3 is 2.90 bits per heavy atom. The molecule has 1 fully saturated rings. The second-order valence-electron chi connectivity index (χ2n) is 5.21. The van der Waals surface area contributed by atoms with Crippen molar-refractivity contribution in [3.63, 3.8) is 0 Å². The van der Waals surface area contributed by atoms with Gasteiger partial charge in [-0.25, -0.2) is 18.3 Å². The summed E-state index contributed by atoms with van der Waals surface area (Å²) in [5, 5.41) is 8.08. The van der Waals surface area contributed by atoms with Crippen LogP contribution in [-0.4, -0.2) is 41.0 Å². The number of rotatable bonds is 3. The first-order valence-electron chi connectivity index (χ1n) is 6.66. The maximum Gasteiger partial charge on any atom is 0.340 e. The molecule has 7 nitrogen and oxygen atoms in total. The largest absolute Gasteiger partial charge is 0.340 e. The smallest absolute Gasteiger partial charge is 0.293 e. The lowest BCUT2D eigenvalue weighted by Crippen LogP contribution is -2.39. The summed E-state index contributed by atoms with van der Waals surface area (Å²) in [6, 6.07) is 1.69. The molecule has 1 saturated heterocycles. The van der Waals surface area contributed by atoms with Gasteiger partial charge >= 0.3 is 5.69 Å². The first-order valence-corrected chi connectivity index (χ1v) is 8.98. The van der Waals surface area contributed by atoms with Crippen molar-refractivity contribution in [2.45, 2.75) is 29.9 Å². The Morgan fingerprint density at radius 2 is 2.29 bits per heavy atom. The molecular weight excluding hydrogens is 312 g/mol. The Labute approximate surface area is 126 Å². The van der Waals surface area contributed by atoms with Crippen LogP contribution in [0.25, 0.3) is 0 Å². The molecule has 0 aromatic carbocycles. The topological polar surface area (TPSA) is 98.9 Å². The third-order valence-corrected chi connectivity index (χ3v) is 6.99. The lowest BCUT2D eigenvalue weighted by molar-refractivity contribution is 0.310. The van der Waals surface area contributed by atoms with Gasteiger partial charge in [-0.2, -0.15) is 9.40 Å². The average molecular weight is 328 g/mol. The SMILES string of the molecule is Cc1csc(S(=O)(=O)N2CCCC(c3n[nH]c(=O)[nH]3)C2)c1. The first-order chi connectivity index (χ1) is 9.96. The van der Waals surface area contributed by atoms with Gasteiger partial charge in [-0.3, -0.25) is 4.98 Å². The second kappa shape index (κ2) is 5.39. The van der Waals surface area contributed by atoms with Gasteiger partial charge in [0.15, 0.2) is 0 Å². The molecule has 1 aliphatic rings. The molecule has 0 spiro atoms. The van der Waals surface area contributed by atoms with E-state index in [1.54, 1.807) is 6.07 Å². The number of thiophene rings is 1. The van der Waals surface area contributed by atoms with Crippen molar-refractivity contribution in [3.8, 4) is 0 Å². The normalized spacial score (nSPS) is 20.7. The van der Waals surface area contributed by atoms with Crippen molar-refractivity contribution in [2.24, 2.45) is 0 Å². The fourth-order valence-electron chi connectivity index (χ4n) is 2.53. The lowest BCUT2D eigenvalue weighted by Gasteiger charge is -2.30. The Morgan fingerprint density at radius 1 is 1.48 bits per heavy atom. The minimum absolute atomic E-state index is 0.0754. The summed E-state index contributed by atoms with van der Waals surface area (Å²) in [5.41, 5.74) is 0.586. The van der Waals surface area contributed by atoms with Crippen LogP contribution in [0.4, 0.5) is 0 Å². The van der Waals surface area contributed by atoms with E-state index < -0.39 is 10.0 Å². The van der Waals surface area contributed by atoms with Crippen molar-refractivity contribution >= 4 is 21.4 Å². The summed E-state index contributed by atoms with van der Waals surface area (Å²) in [4.78, 5) is 13.8. The number of sulfonamides is 1. The molecule has 3 heterocycles. The third kappa shape index (κ3) is 2.81. The molecule has 1 unspecified atom stereocenters. The van der Waals surface area contributed by atoms with Crippen LogP contribution in [-0.2, 0) is 10.0 Å². The quantitative estimate of drug-likeness (QED) is 0.879. The van der Waals surface area contributed by atoms with Crippen LogP contribution in [0.2, 0.25) is 0 Å². The number of hydrogen-bond donors (Lipinski definition) is 2. The zero-order valence-electron chi connectivity index (χ0n) is 11.5. The Balaban J connectivity index is 1.84. The third-order valence-electron chi connectivity index (χ3n) is 3.59. The number of aromatic amines is 2. The molecule has 2 N–H and O–H groups in total. The fourth-order valence-corrected chi connectivity index (χ4v) is 5.43. The molecule has 3 rings (SSSR count). The van der Waals surface area contributed by atoms with Gasteiger partial charge in [0.25, 0.3) is 10.0 Å². The standard InChI is InChI=1S/C12H16N4O3S2/c1-8-5-10(20-7-8)21(18,19)16-4-2-3-9(6-16)11-13-12(17)15-14-11/h5,7,9H,2-4,6H2,1H3,(H2,13,14,15,17). The number of nitrogens with one attached hydrogen (secondary N) is 2. The van der Waals surface area contributed by atoms with E-state index in [-0.39, 0.29) is 11.6 Å². The van der Waals surface area contributed by atoms with Gasteiger partial charge in [-0.15, -0.1) is 11.3 Å². The molecule has 1 aliphatic heterocycles. The van der Waals surface area contributed by atoms with Crippen molar-refractivity contribution in [3.05, 3.63) is 33.3 Å². The number of piperidine rings is 1. The second-order valence-corrected chi connectivity index (χ2v) is 8.28. The van der Waals surface area contributed by atoms with Crippen molar-refractivity contribution in [1.82, 2.24) is 19.5 Å². The molecule has 21 heavy (non-hydrogen) atoms. The summed E-state index contributed by atoms with van der Waals surface area (Å²) in [5.74, 6) is 0.454. The van der Waals surface area contributed by atoms with Crippen LogP contribution in [0.1, 0.15) is 30.1 Å². The highest BCUT2D eigenvalue weighted by Gasteiger charge is 2.32. The number of hydrogen-bond acceptors (Lipinski definition) is 5. The highest BCUT2D eigenvalue weighted by Crippen LogP contribution is 2.30. The molecule has 2 aromatic rings. The predicted octanol–water partition coefficient (Wildman–Crippen LogP) is 1.04. The first kappa shape index (κ1) is 14.5. The molecule has 114 valence electrons. The predicted molar refractivity (Wildman–Crippen MR) is 79.0 cm³/mol. The monoisotopic (exact) mass is 328 g/mol. The Hall–Kier alpha value is -1.45. The lowest BCUT2D eigenvalue weighted by atomic mass is 9.99. The number of aromatic nitrogens is 3. The maximum absolute atomic E-state index is 12.6. The van der Waals surface area contributed by atoms with E-state index in [1.165, 1.54) is 15.6 Å². The molecular formula is C12H16N4O3S2. The summed E-state index contributed by atoms with van der Waals surface area (Å²) in [6.07, 6.45) is 1.57. The zero-order chi connectivity index (χ0) is 15.0. The van der Waals surface area contributed by atoms with Crippen LogP contribution in [0.15, 0.2) is 20.5 Å². The van der Waals surface area contributed by atoms with Crippen molar-refractivity contribution in [2.75, 3.05) is 13.1 Å². The molecule has 0 amide bonds. The van der Waals surface area contributed by atoms with E-state index >= 15 is 0 Å². The van der Waals surface area contributed by atoms with Gasteiger partial charge in [0, 0.05) is 19.0 Å². The zero-order valence-corrected chi connectivity index (χ0v) is 13.1. The number of nitrogens with zero attached hydrogens (tertiary/aromatic N) is 2. The minimum Gasteiger partial charge on any atom is -0.293 e. The Bertz CT molecular complexity index is 789. The molecule has 0 saturated carbocycles. The summed E-state index contributed by atoms with van der Waals surface area (Å²) in [6.45, 7) is 2.73. The van der Waals surface area contributed by atoms with E-state index in [0.29, 0.717) is 23.1 Å². The van der Waals surface area contributed by atoms with E-state index in [2.05, 4.69) is 15.2 Å². The fraction of sp³-hybridized carbons (Fsp3) is 0.500. The highest BCUT2D eigenvalue weighted by molar-refractivity contribution is 7.91. The van der Waals surface area contributed by atoms with Crippen LogP contribution in [0.5, 0.6) is 0 Å². The molecule has 0 aliphatic carbocycles. The summed E-state index contributed by atoms with van der Waals surface area (Å²) < 4.78 is 27.1. The van der Waals surface area contributed by atoms with Crippen LogP contribution in [0.3, 0.4) is 0 Å². The maximum atomic E-state index is 12.6. The van der Waals surface area contributed by atoms with Gasteiger partial charge in [0.2, 0.25) is 0 Å². The van der Waals surface area contributed by atoms with E-state index in [1.807, 2.05) is 12.3 Å². The summed E-state index contributed by atoms with van der Waals surface area (Å²) in [7, 11) is -3.45. The summed E-state index contributed by atoms with van der Waals surface area (Å²) >= 11 is 1.24. The highest BCUT2D eigenvalue weighted by atomic mass is 32.2. The van der Waals surface area contributed by atoms with Crippen molar-refractivity contribution in [1.29, 1.82) is 0 Å². The molecule has 2 aromatic heterocycles. The molecule has 0 bridgehead atoms. The van der Waals surface area contributed by atoms with Gasteiger partial charge in [-0.1, -0.05) is 0 Å². The van der Waals surface area contributed by atoms with Crippen LogP contribution >= 0.6 is 11.3 Å². The van der Waals surface area contributed by atoms with E-state index in [4.69, 9.17) is 0 Å². The van der Waals surface area contributed by atoms with Gasteiger partial charge in [0.05, 0.1) is 0 Å². The Kier molecular flexibility index (Phi) is 3.72. The number of aryl methyl sites for hydroxylation is 1. The molecule has 0 radical (unpaired) electrons. The number of H-pyrrole nitrogens is 2. The van der Waals surface area contributed by atoms with Crippen LogP contribution in [0, 0.1) is 6.92 Å². The van der Waals surface area contributed by atoms with Crippen LogP contribution < -0.4 is 5.69 Å². The van der Waals surface area contributed by atoms with Crippen molar-refractivity contribution < 1.29 is 8.42 Å². The average Bonchev–Trinajstić information content (AvgIpc) is 3.08. The minimum atomic E-state index is -3.45. The van der Waals surface area contributed by atoms with Gasteiger partial charge in [-0.05, 0) is 36.8 Å². The molecule has 9 heteroatoms.